The van der Waals surface area contributed by atoms with Gasteiger partial charge in [0.25, 0.3) is 10.1 Å². The Kier molecular flexibility index (Phi) is 5.38. The van der Waals surface area contributed by atoms with Crippen molar-refractivity contribution in [2.75, 3.05) is 23.7 Å². The van der Waals surface area contributed by atoms with E-state index in [-0.39, 0.29) is 16.1 Å². The van der Waals surface area contributed by atoms with Gasteiger partial charge in [0.2, 0.25) is 5.91 Å². The van der Waals surface area contributed by atoms with Gasteiger partial charge in [-0.2, -0.15) is 8.42 Å². The minimum atomic E-state index is -4.28. The van der Waals surface area contributed by atoms with Crippen LogP contribution >= 0.6 is 15.9 Å². The molecule has 118 valence electrons. The van der Waals surface area contributed by atoms with E-state index in [1.165, 1.54) is 6.07 Å². The Morgan fingerprint density at radius 3 is 2.45 bits per heavy atom. The second-order valence-electron chi connectivity index (χ2n) is 4.54. The molecule has 0 atom stereocenters. The van der Waals surface area contributed by atoms with Crippen LogP contribution in [0.3, 0.4) is 0 Å². The predicted molar refractivity (Wildman–Crippen MR) is 89.1 cm³/mol. The molecule has 0 heterocycles. The van der Waals surface area contributed by atoms with Crippen molar-refractivity contribution in [3.05, 3.63) is 36.4 Å². The van der Waals surface area contributed by atoms with Crippen molar-refractivity contribution < 1.29 is 17.8 Å². The van der Waals surface area contributed by atoms with Gasteiger partial charge in [-0.25, -0.2) is 0 Å². The highest BCUT2D eigenvalue weighted by atomic mass is 79.9. The normalized spacial score (nSPS) is 11.4. The Bertz CT molecular complexity index is 793. The maximum atomic E-state index is 11.4. The first-order chi connectivity index (χ1) is 10.4. The number of hydrogen-bond acceptors (Lipinski definition) is 4. The van der Waals surface area contributed by atoms with Crippen LogP contribution in [0.15, 0.2) is 41.3 Å². The topological polar surface area (TPSA) is 95.5 Å². The summed E-state index contributed by atoms with van der Waals surface area (Å²) in [6, 6.07) is 9.85. The molecule has 0 saturated carbocycles. The van der Waals surface area contributed by atoms with Crippen LogP contribution in [-0.2, 0) is 14.9 Å². The molecular weight excluding hydrogens is 372 g/mol. The standard InChI is InChI=1S/C14H15BrN2O4S/c15-9-14(18)17-8-7-16-12-5-1-4-11-10(12)3-2-6-13(11)22(19,20)21/h1-6,16H,7-9H2,(H,17,18)(H,19,20,21). The third kappa shape index (κ3) is 3.96. The van der Waals surface area contributed by atoms with E-state index in [0.29, 0.717) is 23.9 Å². The number of halogens is 1. The average molecular weight is 387 g/mol. The van der Waals surface area contributed by atoms with Gasteiger partial charge in [-0.15, -0.1) is 0 Å². The third-order valence-electron chi connectivity index (χ3n) is 3.04. The van der Waals surface area contributed by atoms with Crippen molar-refractivity contribution in [2.24, 2.45) is 0 Å². The molecule has 0 fully saturated rings. The van der Waals surface area contributed by atoms with Gasteiger partial charge >= 0.3 is 0 Å². The summed E-state index contributed by atoms with van der Waals surface area (Å²) in [5.74, 6) is -0.103. The summed E-state index contributed by atoms with van der Waals surface area (Å²) < 4.78 is 32.1. The van der Waals surface area contributed by atoms with Crippen LogP contribution < -0.4 is 10.6 Å². The van der Waals surface area contributed by atoms with Gasteiger partial charge in [-0.05, 0) is 12.1 Å². The fourth-order valence-corrected chi connectivity index (χ4v) is 3.01. The van der Waals surface area contributed by atoms with Crippen LogP contribution in [0.25, 0.3) is 10.8 Å². The molecule has 1 amide bonds. The summed E-state index contributed by atoms with van der Waals surface area (Å²) >= 11 is 3.06. The fraction of sp³-hybridized carbons (Fsp3) is 0.214. The van der Waals surface area contributed by atoms with Crippen LogP contribution in [0.2, 0.25) is 0 Å². The van der Waals surface area contributed by atoms with E-state index in [1.807, 2.05) is 6.07 Å². The molecule has 0 aliphatic carbocycles. The van der Waals surface area contributed by atoms with Crippen LogP contribution in [0, 0.1) is 0 Å². The highest BCUT2D eigenvalue weighted by molar-refractivity contribution is 9.09. The van der Waals surface area contributed by atoms with Crippen molar-refractivity contribution in [2.45, 2.75) is 4.90 Å². The van der Waals surface area contributed by atoms with Gasteiger partial charge in [0.15, 0.2) is 0 Å². The molecule has 0 aliphatic heterocycles. The molecular formula is C14H15BrN2O4S. The Balaban J connectivity index is 2.23. The lowest BCUT2D eigenvalue weighted by atomic mass is 10.1. The number of anilines is 1. The van der Waals surface area contributed by atoms with E-state index in [0.717, 1.165) is 5.69 Å². The zero-order valence-corrected chi connectivity index (χ0v) is 13.9. The van der Waals surface area contributed by atoms with E-state index in [9.17, 15) is 17.8 Å². The second kappa shape index (κ2) is 7.08. The molecule has 0 spiro atoms. The smallest absolute Gasteiger partial charge is 0.295 e. The summed E-state index contributed by atoms with van der Waals surface area (Å²) in [6.07, 6.45) is 0. The Hall–Kier alpha value is -1.64. The van der Waals surface area contributed by atoms with Gasteiger partial charge in [-0.1, -0.05) is 40.2 Å². The van der Waals surface area contributed by atoms with Crippen LogP contribution in [0.5, 0.6) is 0 Å². The van der Waals surface area contributed by atoms with Crippen molar-refractivity contribution in [1.82, 2.24) is 5.32 Å². The first-order valence-corrected chi connectivity index (χ1v) is 9.05. The minimum Gasteiger partial charge on any atom is -0.383 e. The first kappa shape index (κ1) is 16.7. The molecule has 0 aliphatic rings. The van der Waals surface area contributed by atoms with E-state index >= 15 is 0 Å². The number of amides is 1. The average Bonchev–Trinajstić information content (AvgIpc) is 2.49. The number of rotatable bonds is 6. The number of nitrogens with one attached hydrogen (secondary N) is 2. The first-order valence-electron chi connectivity index (χ1n) is 6.49. The highest BCUT2D eigenvalue weighted by Gasteiger charge is 2.14. The molecule has 0 saturated heterocycles. The third-order valence-corrected chi connectivity index (χ3v) is 4.47. The predicted octanol–water partition coefficient (Wildman–Crippen LogP) is 2.01. The number of fused-ring (bicyclic) bond motifs is 1. The van der Waals surface area contributed by atoms with Crippen molar-refractivity contribution >= 4 is 48.4 Å². The molecule has 6 nitrogen and oxygen atoms in total. The van der Waals surface area contributed by atoms with Gasteiger partial charge in [0.1, 0.15) is 4.90 Å². The van der Waals surface area contributed by atoms with E-state index in [4.69, 9.17) is 0 Å². The molecule has 3 N–H and O–H groups in total. The Morgan fingerprint density at radius 1 is 1.09 bits per heavy atom. The number of alkyl halides is 1. The summed E-state index contributed by atoms with van der Waals surface area (Å²) in [7, 11) is -4.28. The minimum absolute atomic E-state index is 0.103. The van der Waals surface area contributed by atoms with Crippen LogP contribution in [-0.4, -0.2) is 37.3 Å². The summed E-state index contributed by atoms with van der Waals surface area (Å²) in [5.41, 5.74) is 0.732. The molecule has 2 aromatic carbocycles. The van der Waals surface area contributed by atoms with Crippen molar-refractivity contribution in [3.63, 3.8) is 0 Å². The van der Waals surface area contributed by atoms with Crippen LogP contribution in [0.4, 0.5) is 5.69 Å². The second-order valence-corrected chi connectivity index (χ2v) is 6.49. The zero-order valence-electron chi connectivity index (χ0n) is 11.5. The molecule has 22 heavy (non-hydrogen) atoms. The van der Waals surface area contributed by atoms with Gasteiger partial charge in [0.05, 0.1) is 5.33 Å². The lowest BCUT2D eigenvalue weighted by Gasteiger charge is -2.11. The Labute approximate surface area is 136 Å². The number of hydrogen-bond donors (Lipinski definition) is 3. The molecule has 2 rings (SSSR count). The van der Waals surface area contributed by atoms with E-state index in [1.54, 1.807) is 24.3 Å². The molecule has 0 unspecified atom stereocenters. The molecule has 2 aromatic rings. The summed E-state index contributed by atoms with van der Waals surface area (Å²) in [4.78, 5) is 11.0. The lowest BCUT2D eigenvalue weighted by molar-refractivity contribution is -0.118. The van der Waals surface area contributed by atoms with Crippen molar-refractivity contribution in [1.29, 1.82) is 0 Å². The summed E-state index contributed by atoms with van der Waals surface area (Å²) in [6.45, 7) is 0.937. The van der Waals surface area contributed by atoms with Crippen LogP contribution in [0.1, 0.15) is 0 Å². The monoisotopic (exact) mass is 386 g/mol. The molecule has 0 radical (unpaired) electrons. The Morgan fingerprint density at radius 2 is 1.77 bits per heavy atom. The summed E-state index contributed by atoms with van der Waals surface area (Å²) in [5, 5.41) is 7.22. The SMILES string of the molecule is O=C(CBr)NCCNc1cccc2c(S(=O)(=O)O)cccc12. The van der Waals surface area contributed by atoms with E-state index in [2.05, 4.69) is 26.6 Å². The number of benzene rings is 2. The lowest BCUT2D eigenvalue weighted by Crippen LogP contribution is -2.29. The molecule has 0 bridgehead atoms. The largest absolute Gasteiger partial charge is 0.383 e. The molecule has 0 aromatic heterocycles. The quantitative estimate of drug-likeness (QED) is 0.400. The number of carbonyl (C=O) groups excluding carboxylic acids is 1. The van der Waals surface area contributed by atoms with Gasteiger partial charge in [0, 0.05) is 29.5 Å². The zero-order chi connectivity index (χ0) is 16.2. The highest BCUT2D eigenvalue weighted by Crippen LogP contribution is 2.28. The van der Waals surface area contributed by atoms with Gasteiger partial charge in [-0.3, -0.25) is 9.35 Å². The fourth-order valence-electron chi connectivity index (χ4n) is 2.11. The molecule has 8 heteroatoms. The van der Waals surface area contributed by atoms with E-state index < -0.39 is 10.1 Å². The maximum absolute atomic E-state index is 11.4. The van der Waals surface area contributed by atoms with Gasteiger partial charge < -0.3 is 10.6 Å². The number of carbonyl (C=O) groups is 1. The maximum Gasteiger partial charge on any atom is 0.295 e. The van der Waals surface area contributed by atoms with Crippen molar-refractivity contribution in [3.8, 4) is 0 Å².